The second-order valence-electron chi connectivity index (χ2n) is 4.63. The summed E-state index contributed by atoms with van der Waals surface area (Å²) in [5.74, 6) is 0.602. The summed E-state index contributed by atoms with van der Waals surface area (Å²) in [6.07, 6.45) is 0. The Bertz CT molecular complexity index is 844. The molecule has 1 heterocycles. The third-order valence-electron chi connectivity index (χ3n) is 3.08. The van der Waals surface area contributed by atoms with Gasteiger partial charge in [-0.3, -0.25) is 29.9 Å². The van der Waals surface area contributed by atoms with Crippen LogP contribution in [0.15, 0.2) is 41.3 Å². The van der Waals surface area contributed by atoms with Crippen molar-refractivity contribution in [2.75, 3.05) is 19.1 Å². The highest BCUT2D eigenvalue weighted by atomic mass is 32.2. The van der Waals surface area contributed by atoms with E-state index >= 15 is 0 Å². The molecular formula is C14H12N4O6S. The molecule has 0 radical (unpaired) electrons. The number of nitrogens with zero attached hydrogens (tertiary/aromatic N) is 4. The Hall–Kier alpha value is -3.21. The van der Waals surface area contributed by atoms with Crippen LogP contribution >= 0.6 is 11.8 Å². The van der Waals surface area contributed by atoms with E-state index in [1.807, 2.05) is 0 Å². The molecule has 1 amide bonds. The first-order chi connectivity index (χ1) is 11.8. The van der Waals surface area contributed by atoms with Crippen molar-refractivity contribution in [3.63, 3.8) is 0 Å². The average Bonchev–Trinajstić information content (AvgIpc) is 2.60. The van der Waals surface area contributed by atoms with E-state index in [0.29, 0.717) is 23.5 Å². The predicted octanol–water partition coefficient (Wildman–Crippen LogP) is 3.26. The summed E-state index contributed by atoms with van der Waals surface area (Å²) in [6, 6.07) is 7.92. The van der Waals surface area contributed by atoms with Crippen molar-refractivity contribution in [2.24, 2.45) is 0 Å². The van der Waals surface area contributed by atoms with Gasteiger partial charge in [0.2, 0.25) is 5.88 Å². The first-order valence-corrected chi connectivity index (χ1v) is 7.54. The quantitative estimate of drug-likeness (QED) is 0.449. The van der Waals surface area contributed by atoms with Crippen LogP contribution in [-0.4, -0.2) is 34.2 Å². The van der Waals surface area contributed by atoms with Crippen LogP contribution in [0.2, 0.25) is 0 Å². The van der Waals surface area contributed by atoms with Gasteiger partial charge in [-0.05, 0) is 23.9 Å². The largest absolute Gasteiger partial charge is 0.481 e. The number of non-ortho nitro benzene ring substituents is 1. The number of ether oxygens (including phenoxy) is 1. The van der Waals surface area contributed by atoms with Crippen LogP contribution in [0.4, 0.5) is 22.0 Å². The second kappa shape index (κ2) is 7.57. The van der Waals surface area contributed by atoms with Crippen LogP contribution in [0.3, 0.4) is 0 Å². The SMILES string of the molecule is COc1cccc(N(C)C(=O)Sc2ccc([N+](=O)[O-])cc2[N+](=O)[O-])n1. The zero-order valence-electron chi connectivity index (χ0n) is 13.1. The van der Waals surface area contributed by atoms with Gasteiger partial charge in [0, 0.05) is 19.2 Å². The molecular weight excluding hydrogens is 352 g/mol. The average molecular weight is 364 g/mol. The number of methoxy groups -OCH3 is 1. The molecule has 0 saturated heterocycles. The van der Waals surface area contributed by atoms with Crippen molar-refractivity contribution in [3.8, 4) is 5.88 Å². The smallest absolute Gasteiger partial charge is 0.292 e. The Morgan fingerprint density at radius 3 is 2.52 bits per heavy atom. The molecule has 0 bridgehead atoms. The van der Waals surface area contributed by atoms with Gasteiger partial charge in [0.1, 0.15) is 5.82 Å². The van der Waals surface area contributed by atoms with E-state index < -0.39 is 26.5 Å². The lowest BCUT2D eigenvalue weighted by atomic mass is 10.3. The highest BCUT2D eigenvalue weighted by Gasteiger charge is 2.24. The van der Waals surface area contributed by atoms with E-state index in [1.54, 1.807) is 18.2 Å². The van der Waals surface area contributed by atoms with Crippen molar-refractivity contribution < 1.29 is 19.4 Å². The van der Waals surface area contributed by atoms with E-state index in [1.165, 1.54) is 25.1 Å². The summed E-state index contributed by atoms with van der Waals surface area (Å²) in [5.41, 5.74) is -0.939. The van der Waals surface area contributed by atoms with Crippen LogP contribution in [0.1, 0.15) is 0 Å². The number of hydrogen-bond acceptors (Lipinski definition) is 8. The number of thioether (sulfide) groups is 1. The summed E-state index contributed by atoms with van der Waals surface area (Å²) in [5, 5.41) is 21.3. The summed E-state index contributed by atoms with van der Waals surface area (Å²) >= 11 is 0.577. The number of rotatable bonds is 5. The third kappa shape index (κ3) is 4.20. The van der Waals surface area contributed by atoms with Gasteiger partial charge in [-0.1, -0.05) is 6.07 Å². The molecule has 0 unspecified atom stereocenters. The lowest BCUT2D eigenvalue weighted by Gasteiger charge is -2.16. The van der Waals surface area contributed by atoms with Gasteiger partial charge in [-0.2, -0.15) is 4.98 Å². The fourth-order valence-electron chi connectivity index (χ4n) is 1.81. The predicted molar refractivity (Wildman–Crippen MR) is 90.2 cm³/mol. The molecule has 130 valence electrons. The fourth-order valence-corrected chi connectivity index (χ4v) is 2.60. The highest BCUT2D eigenvalue weighted by Crippen LogP contribution is 2.34. The molecule has 10 nitrogen and oxygen atoms in total. The number of anilines is 1. The standard InChI is InChI=1S/C14H12N4O6S/c1-16(12-4-3-5-13(15-12)24-2)14(19)25-11-7-6-9(17(20)21)8-10(11)18(22)23/h3-8H,1-2H3. The monoisotopic (exact) mass is 364 g/mol. The number of aromatic nitrogens is 1. The zero-order chi connectivity index (χ0) is 18.6. The van der Waals surface area contributed by atoms with Gasteiger partial charge in [-0.25, -0.2) is 0 Å². The molecule has 25 heavy (non-hydrogen) atoms. The first kappa shape index (κ1) is 18.1. The van der Waals surface area contributed by atoms with E-state index in [0.717, 1.165) is 12.1 Å². The van der Waals surface area contributed by atoms with Crippen molar-refractivity contribution >= 4 is 34.2 Å². The Morgan fingerprint density at radius 2 is 1.92 bits per heavy atom. The molecule has 0 spiro atoms. The first-order valence-electron chi connectivity index (χ1n) is 6.73. The number of carbonyl (C=O) groups is 1. The minimum Gasteiger partial charge on any atom is -0.481 e. The molecule has 1 aromatic heterocycles. The van der Waals surface area contributed by atoms with Gasteiger partial charge in [0.15, 0.2) is 0 Å². The molecule has 0 aliphatic carbocycles. The van der Waals surface area contributed by atoms with Crippen LogP contribution in [0.5, 0.6) is 5.88 Å². The van der Waals surface area contributed by atoms with Crippen molar-refractivity contribution in [2.45, 2.75) is 4.90 Å². The Morgan fingerprint density at radius 1 is 1.20 bits per heavy atom. The van der Waals surface area contributed by atoms with Crippen LogP contribution < -0.4 is 9.64 Å². The van der Waals surface area contributed by atoms with Crippen LogP contribution in [-0.2, 0) is 0 Å². The van der Waals surface area contributed by atoms with Gasteiger partial charge in [0.05, 0.1) is 27.9 Å². The number of hydrogen-bond donors (Lipinski definition) is 0. The molecule has 2 aromatic rings. The van der Waals surface area contributed by atoms with E-state index in [9.17, 15) is 25.0 Å². The Labute approximate surface area is 145 Å². The van der Waals surface area contributed by atoms with E-state index in [2.05, 4.69) is 4.98 Å². The Kier molecular flexibility index (Phi) is 5.49. The van der Waals surface area contributed by atoms with E-state index in [-0.39, 0.29) is 4.90 Å². The number of carbonyl (C=O) groups excluding carboxylic acids is 1. The van der Waals surface area contributed by atoms with Crippen molar-refractivity contribution in [3.05, 3.63) is 56.6 Å². The number of benzene rings is 1. The highest BCUT2D eigenvalue weighted by molar-refractivity contribution is 8.14. The summed E-state index contributed by atoms with van der Waals surface area (Å²) in [4.78, 5) is 38.0. The molecule has 11 heteroatoms. The molecule has 0 fully saturated rings. The normalized spacial score (nSPS) is 10.2. The molecule has 0 saturated carbocycles. The number of amides is 1. The zero-order valence-corrected chi connectivity index (χ0v) is 13.9. The molecule has 1 aromatic carbocycles. The maximum atomic E-state index is 12.4. The van der Waals surface area contributed by atoms with E-state index in [4.69, 9.17) is 4.74 Å². The minimum atomic E-state index is -0.771. The minimum absolute atomic E-state index is 0.00431. The molecule has 0 aliphatic heterocycles. The molecule has 0 aliphatic rings. The van der Waals surface area contributed by atoms with Crippen molar-refractivity contribution in [1.82, 2.24) is 4.98 Å². The Balaban J connectivity index is 2.27. The lowest BCUT2D eigenvalue weighted by molar-refractivity contribution is -0.396. The molecule has 2 rings (SSSR count). The number of pyridine rings is 1. The maximum Gasteiger partial charge on any atom is 0.292 e. The van der Waals surface area contributed by atoms with Crippen LogP contribution in [0, 0.1) is 20.2 Å². The number of nitro groups is 2. The van der Waals surface area contributed by atoms with Gasteiger partial charge in [0.25, 0.3) is 16.6 Å². The van der Waals surface area contributed by atoms with Gasteiger partial charge in [-0.15, -0.1) is 0 Å². The topological polar surface area (TPSA) is 129 Å². The summed E-state index contributed by atoms with van der Waals surface area (Å²) in [7, 11) is 2.89. The maximum absolute atomic E-state index is 12.4. The van der Waals surface area contributed by atoms with Crippen LogP contribution in [0.25, 0.3) is 0 Å². The third-order valence-corrected chi connectivity index (χ3v) is 4.10. The fraction of sp³-hybridized carbons (Fsp3) is 0.143. The van der Waals surface area contributed by atoms with Crippen molar-refractivity contribution in [1.29, 1.82) is 0 Å². The number of nitro benzene ring substituents is 2. The summed E-state index contributed by atoms with van der Waals surface area (Å²) in [6.45, 7) is 0. The van der Waals surface area contributed by atoms with Gasteiger partial charge < -0.3 is 4.74 Å². The summed E-state index contributed by atoms with van der Waals surface area (Å²) < 4.78 is 4.98. The lowest BCUT2D eigenvalue weighted by Crippen LogP contribution is -2.22. The molecule has 0 atom stereocenters. The van der Waals surface area contributed by atoms with Gasteiger partial charge >= 0.3 is 0 Å². The molecule has 0 N–H and O–H groups in total. The second-order valence-corrected chi connectivity index (χ2v) is 5.62.